The monoisotopic (exact) mass is 215 g/mol. The molecule has 0 bridgehead atoms. The van der Waals surface area contributed by atoms with E-state index in [4.69, 9.17) is 4.18 Å². The summed E-state index contributed by atoms with van der Waals surface area (Å²) >= 11 is 0. The van der Waals surface area contributed by atoms with E-state index in [1.807, 2.05) is 0 Å². The maximum Gasteiger partial charge on any atom is 0.267 e. The largest absolute Gasteiger partial charge is 0.267 e. The Labute approximate surface area is 84.1 Å². The van der Waals surface area contributed by atoms with Crippen LogP contribution in [0.4, 0.5) is 0 Å². The molecular weight excluding hydrogens is 202 g/mol. The van der Waals surface area contributed by atoms with Crippen molar-refractivity contribution < 1.29 is 12.6 Å². The summed E-state index contributed by atoms with van der Waals surface area (Å²) in [6.07, 6.45) is 3.78. The molecule has 5 heteroatoms. The molecule has 0 N–H and O–H groups in total. The average molecular weight is 215 g/mol. The molecule has 4 nitrogen and oxygen atoms in total. The summed E-state index contributed by atoms with van der Waals surface area (Å²) in [5.74, 6) is 0.0628. The summed E-state index contributed by atoms with van der Waals surface area (Å²) < 4.78 is 27.1. The Bertz CT molecular complexity index is 361. The highest BCUT2D eigenvalue weighted by molar-refractivity contribution is 7.86. The predicted molar refractivity (Wildman–Crippen MR) is 53.1 cm³/mol. The third-order valence-corrected chi connectivity index (χ3v) is 2.97. The molecule has 0 fully saturated rings. The normalized spacial score (nSPS) is 11.5. The molecule has 78 valence electrons. The highest BCUT2D eigenvalue weighted by atomic mass is 32.2. The van der Waals surface area contributed by atoms with Crippen LogP contribution in [-0.2, 0) is 20.9 Å². The van der Waals surface area contributed by atoms with Gasteiger partial charge in [0.05, 0.1) is 12.4 Å². The fourth-order valence-electron chi connectivity index (χ4n) is 0.950. The van der Waals surface area contributed by atoms with Crippen LogP contribution in [-0.4, -0.2) is 19.2 Å². The minimum atomic E-state index is -3.36. The van der Waals surface area contributed by atoms with E-state index in [1.165, 1.54) is 0 Å². The smallest absolute Gasteiger partial charge is 0.265 e. The van der Waals surface area contributed by atoms with Crippen LogP contribution in [0.15, 0.2) is 24.5 Å². The molecule has 0 saturated heterocycles. The zero-order chi connectivity index (χ0) is 10.4. The zero-order valence-corrected chi connectivity index (χ0v) is 8.83. The number of rotatable bonds is 5. The Hall–Kier alpha value is -0.940. The highest BCUT2D eigenvalue weighted by Gasteiger charge is 2.09. The maximum atomic E-state index is 11.2. The summed E-state index contributed by atoms with van der Waals surface area (Å²) in [6, 6.07) is 3.51. The van der Waals surface area contributed by atoms with Gasteiger partial charge in [0, 0.05) is 12.4 Å². The molecular formula is C9H13NO3S. The molecule has 0 aliphatic carbocycles. The number of nitrogens with zero attached hydrogens (tertiary/aromatic N) is 1. The number of aromatic nitrogens is 1. The number of hydrogen-bond donors (Lipinski definition) is 0. The summed E-state index contributed by atoms with van der Waals surface area (Å²) in [5.41, 5.74) is 0.757. The summed E-state index contributed by atoms with van der Waals surface area (Å²) in [4.78, 5) is 3.86. The molecule has 0 aliphatic rings. The topological polar surface area (TPSA) is 56.3 Å². The van der Waals surface area contributed by atoms with Crippen molar-refractivity contribution in [1.82, 2.24) is 4.98 Å². The van der Waals surface area contributed by atoms with Crippen molar-refractivity contribution in [1.29, 1.82) is 0 Å². The molecule has 1 rings (SSSR count). The third-order valence-electron chi connectivity index (χ3n) is 1.58. The van der Waals surface area contributed by atoms with E-state index in [9.17, 15) is 8.42 Å². The van der Waals surface area contributed by atoms with Gasteiger partial charge in [0.2, 0.25) is 0 Å². The van der Waals surface area contributed by atoms with Gasteiger partial charge in [0.15, 0.2) is 0 Å². The van der Waals surface area contributed by atoms with Crippen LogP contribution in [0.25, 0.3) is 0 Å². The molecule has 0 saturated carbocycles. The standard InChI is InChI=1S/C9H13NO3S/c1-2-6-14(11,12)13-8-9-4-3-5-10-7-9/h3-5,7H,2,6,8H2,1H3. The lowest BCUT2D eigenvalue weighted by atomic mass is 10.3. The van der Waals surface area contributed by atoms with Crippen molar-refractivity contribution >= 4 is 10.1 Å². The first-order chi connectivity index (χ1) is 6.64. The Morgan fingerprint density at radius 2 is 2.29 bits per heavy atom. The molecule has 0 atom stereocenters. The van der Waals surface area contributed by atoms with Gasteiger partial charge >= 0.3 is 0 Å². The molecule has 1 aromatic rings. The lowest BCUT2D eigenvalue weighted by Gasteiger charge is -2.03. The Morgan fingerprint density at radius 1 is 1.50 bits per heavy atom. The second kappa shape index (κ2) is 5.07. The van der Waals surface area contributed by atoms with Crippen molar-refractivity contribution in [2.24, 2.45) is 0 Å². The summed E-state index contributed by atoms with van der Waals surface area (Å²) in [6.45, 7) is 1.86. The van der Waals surface area contributed by atoms with Gasteiger partial charge in [-0.3, -0.25) is 9.17 Å². The first-order valence-corrected chi connectivity index (χ1v) is 5.98. The molecule has 0 unspecified atom stereocenters. The van der Waals surface area contributed by atoms with Crippen LogP contribution in [0.1, 0.15) is 18.9 Å². The molecule has 0 amide bonds. The molecule has 1 heterocycles. The number of hydrogen-bond acceptors (Lipinski definition) is 4. The first kappa shape index (κ1) is 11.1. The lowest BCUT2D eigenvalue weighted by Crippen LogP contribution is -2.09. The van der Waals surface area contributed by atoms with Crippen LogP contribution in [0.5, 0.6) is 0 Å². The van der Waals surface area contributed by atoms with Crippen LogP contribution in [0.2, 0.25) is 0 Å². The first-order valence-electron chi connectivity index (χ1n) is 4.40. The summed E-state index contributed by atoms with van der Waals surface area (Å²) in [5, 5.41) is 0. The molecule has 14 heavy (non-hydrogen) atoms. The van der Waals surface area contributed by atoms with Crippen LogP contribution in [0, 0.1) is 0 Å². The molecule has 0 radical (unpaired) electrons. The van der Waals surface area contributed by atoms with Crippen molar-refractivity contribution in [3.63, 3.8) is 0 Å². The van der Waals surface area contributed by atoms with E-state index in [0.29, 0.717) is 6.42 Å². The Kier molecular flexibility index (Phi) is 4.03. The third kappa shape index (κ3) is 3.85. The quantitative estimate of drug-likeness (QED) is 0.695. The van der Waals surface area contributed by atoms with Crippen LogP contribution >= 0.6 is 0 Å². The van der Waals surface area contributed by atoms with E-state index in [-0.39, 0.29) is 12.4 Å². The average Bonchev–Trinajstić information content (AvgIpc) is 2.17. The second-order valence-corrected chi connectivity index (χ2v) is 4.64. The Morgan fingerprint density at radius 3 is 2.86 bits per heavy atom. The van der Waals surface area contributed by atoms with Crippen LogP contribution in [0.3, 0.4) is 0 Å². The highest BCUT2D eigenvalue weighted by Crippen LogP contribution is 2.03. The van der Waals surface area contributed by atoms with E-state index >= 15 is 0 Å². The van der Waals surface area contributed by atoms with E-state index in [1.54, 1.807) is 31.5 Å². The lowest BCUT2D eigenvalue weighted by molar-refractivity contribution is 0.307. The van der Waals surface area contributed by atoms with Gasteiger partial charge in [-0.05, 0) is 18.1 Å². The SMILES string of the molecule is CCCS(=O)(=O)OCc1cccnc1. The van der Waals surface area contributed by atoms with Gasteiger partial charge in [-0.1, -0.05) is 13.0 Å². The van der Waals surface area contributed by atoms with Crippen molar-refractivity contribution in [3.8, 4) is 0 Å². The number of pyridine rings is 1. The van der Waals surface area contributed by atoms with E-state index in [0.717, 1.165) is 5.56 Å². The van der Waals surface area contributed by atoms with Crippen molar-refractivity contribution in [2.75, 3.05) is 5.75 Å². The summed E-state index contributed by atoms with van der Waals surface area (Å²) in [7, 11) is -3.36. The van der Waals surface area contributed by atoms with Crippen molar-refractivity contribution in [2.45, 2.75) is 20.0 Å². The van der Waals surface area contributed by atoms with Gasteiger partial charge < -0.3 is 0 Å². The molecule has 0 spiro atoms. The second-order valence-electron chi connectivity index (χ2n) is 2.89. The minimum Gasteiger partial charge on any atom is -0.265 e. The van der Waals surface area contributed by atoms with Gasteiger partial charge in [-0.15, -0.1) is 0 Å². The van der Waals surface area contributed by atoms with Gasteiger partial charge in [-0.2, -0.15) is 8.42 Å². The van der Waals surface area contributed by atoms with Gasteiger partial charge in [-0.25, -0.2) is 0 Å². The molecule has 0 aromatic carbocycles. The van der Waals surface area contributed by atoms with Gasteiger partial charge in [0.1, 0.15) is 0 Å². The van der Waals surface area contributed by atoms with E-state index in [2.05, 4.69) is 4.98 Å². The maximum absolute atomic E-state index is 11.2. The fraction of sp³-hybridized carbons (Fsp3) is 0.444. The molecule has 0 aliphatic heterocycles. The van der Waals surface area contributed by atoms with Gasteiger partial charge in [0.25, 0.3) is 10.1 Å². The Balaban J connectivity index is 2.49. The van der Waals surface area contributed by atoms with Crippen molar-refractivity contribution in [3.05, 3.63) is 30.1 Å². The minimum absolute atomic E-state index is 0.0628. The predicted octanol–water partition coefficient (Wildman–Crippen LogP) is 1.34. The van der Waals surface area contributed by atoms with E-state index < -0.39 is 10.1 Å². The van der Waals surface area contributed by atoms with Crippen LogP contribution < -0.4 is 0 Å². The zero-order valence-electron chi connectivity index (χ0n) is 8.01. The molecule has 1 aromatic heterocycles. The fourth-order valence-corrected chi connectivity index (χ4v) is 1.88.